The summed E-state index contributed by atoms with van der Waals surface area (Å²) in [5.74, 6) is 0.216. The summed E-state index contributed by atoms with van der Waals surface area (Å²) in [6, 6.07) is 20.8. The summed E-state index contributed by atoms with van der Waals surface area (Å²) >= 11 is 15.1. The van der Waals surface area contributed by atoms with Crippen LogP contribution in [0.3, 0.4) is 0 Å². The Kier molecular flexibility index (Phi) is 6.65. The van der Waals surface area contributed by atoms with Crippen LogP contribution in [-0.4, -0.2) is 11.6 Å². The summed E-state index contributed by atoms with van der Waals surface area (Å²) in [4.78, 5) is 12.9. The van der Waals surface area contributed by atoms with E-state index in [0.717, 1.165) is 9.13 Å². The van der Waals surface area contributed by atoms with Gasteiger partial charge in [0.2, 0.25) is 0 Å². The highest BCUT2D eigenvalue weighted by molar-refractivity contribution is 14.1. The fourth-order valence-electron chi connectivity index (χ4n) is 3.13. The van der Waals surface area contributed by atoms with Crippen molar-refractivity contribution in [2.45, 2.75) is 13.5 Å². The second-order valence-electron chi connectivity index (χ2n) is 6.92. The van der Waals surface area contributed by atoms with Gasteiger partial charge in [0, 0.05) is 3.57 Å². The van der Waals surface area contributed by atoms with E-state index < -0.39 is 0 Å². The Balaban J connectivity index is 1.55. The first kappa shape index (κ1) is 21.9. The van der Waals surface area contributed by atoms with Gasteiger partial charge in [-0.2, -0.15) is 10.1 Å². The van der Waals surface area contributed by atoms with Gasteiger partial charge in [-0.25, -0.2) is 0 Å². The first-order chi connectivity index (χ1) is 14.9. The quantitative estimate of drug-likeness (QED) is 0.248. The van der Waals surface area contributed by atoms with E-state index in [4.69, 9.17) is 27.9 Å². The maximum absolute atomic E-state index is 12.9. The number of carbonyl (C=O) groups is 1. The highest BCUT2D eigenvalue weighted by Crippen LogP contribution is 2.36. The van der Waals surface area contributed by atoms with Gasteiger partial charge >= 0.3 is 0 Å². The third kappa shape index (κ3) is 4.95. The number of rotatable bonds is 5. The van der Waals surface area contributed by atoms with E-state index in [-0.39, 0.29) is 5.91 Å². The molecule has 7 heteroatoms. The van der Waals surface area contributed by atoms with Crippen molar-refractivity contribution in [1.82, 2.24) is 0 Å². The molecule has 0 atom stereocenters. The van der Waals surface area contributed by atoms with Crippen molar-refractivity contribution < 1.29 is 9.53 Å². The van der Waals surface area contributed by atoms with Crippen molar-refractivity contribution in [2.75, 3.05) is 5.01 Å². The van der Waals surface area contributed by atoms with Crippen LogP contribution >= 0.6 is 45.8 Å². The normalized spacial score (nSPS) is 14.8. The summed E-state index contributed by atoms with van der Waals surface area (Å²) in [5.41, 5.74) is 3.54. The van der Waals surface area contributed by atoms with Gasteiger partial charge < -0.3 is 4.74 Å². The number of amides is 1. The van der Waals surface area contributed by atoms with Crippen molar-refractivity contribution in [3.05, 3.63) is 97.0 Å². The van der Waals surface area contributed by atoms with Crippen LogP contribution in [0.4, 0.5) is 5.69 Å². The lowest BCUT2D eigenvalue weighted by molar-refractivity contribution is -0.114. The number of halogens is 3. The molecule has 1 aliphatic rings. The fourth-order valence-corrected chi connectivity index (χ4v) is 4.10. The van der Waals surface area contributed by atoms with Gasteiger partial charge in [-0.3, -0.25) is 4.79 Å². The molecule has 0 spiro atoms. The molecule has 31 heavy (non-hydrogen) atoms. The highest BCUT2D eigenvalue weighted by Gasteiger charge is 2.28. The Morgan fingerprint density at radius 2 is 1.68 bits per heavy atom. The van der Waals surface area contributed by atoms with Gasteiger partial charge in [0.25, 0.3) is 5.91 Å². The van der Waals surface area contributed by atoms with E-state index in [0.29, 0.717) is 44.9 Å². The number of benzene rings is 3. The van der Waals surface area contributed by atoms with Gasteiger partial charge in [0.1, 0.15) is 6.61 Å². The van der Waals surface area contributed by atoms with E-state index in [9.17, 15) is 4.79 Å². The number of para-hydroxylation sites is 1. The molecule has 3 aromatic carbocycles. The molecule has 4 rings (SSSR count). The topological polar surface area (TPSA) is 41.9 Å². The molecule has 3 aromatic rings. The van der Waals surface area contributed by atoms with Gasteiger partial charge in [-0.15, -0.1) is 0 Å². The van der Waals surface area contributed by atoms with E-state index >= 15 is 0 Å². The zero-order valence-corrected chi connectivity index (χ0v) is 20.1. The summed E-state index contributed by atoms with van der Waals surface area (Å²) < 4.78 is 7.00. The molecule has 1 heterocycles. The van der Waals surface area contributed by atoms with E-state index in [1.165, 1.54) is 5.01 Å². The largest absolute Gasteiger partial charge is 0.486 e. The van der Waals surface area contributed by atoms with Gasteiger partial charge in [0.15, 0.2) is 5.75 Å². The SMILES string of the molecule is CC1=NN(c2ccccc2)C(=O)/C1=C/c1cc(Cl)c(OCc2ccc(I)cc2)c(Cl)c1. The third-order valence-electron chi connectivity index (χ3n) is 4.69. The molecule has 0 fully saturated rings. The van der Waals surface area contributed by atoms with E-state index in [1.54, 1.807) is 25.1 Å². The van der Waals surface area contributed by atoms with E-state index in [2.05, 4.69) is 27.7 Å². The van der Waals surface area contributed by atoms with Crippen LogP contribution in [0.15, 0.2) is 77.4 Å². The minimum atomic E-state index is -0.199. The first-order valence-corrected chi connectivity index (χ1v) is 11.3. The van der Waals surface area contributed by atoms with Crippen molar-refractivity contribution in [3.63, 3.8) is 0 Å². The Hall–Kier alpha value is -2.35. The van der Waals surface area contributed by atoms with Crippen LogP contribution in [0.1, 0.15) is 18.1 Å². The Morgan fingerprint density at radius 1 is 1.03 bits per heavy atom. The standard InChI is InChI=1S/C24H17Cl2IN2O2/c1-15-20(24(30)29(28-15)19-5-3-2-4-6-19)11-17-12-21(25)23(22(26)13-17)31-14-16-7-9-18(27)10-8-16/h2-13H,14H2,1H3/b20-11+. The molecule has 1 amide bonds. The minimum Gasteiger partial charge on any atom is -0.486 e. The molecule has 1 aliphatic heterocycles. The first-order valence-electron chi connectivity index (χ1n) is 9.45. The van der Waals surface area contributed by atoms with Crippen molar-refractivity contribution in [1.29, 1.82) is 0 Å². The average molecular weight is 563 g/mol. The molecular formula is C24H17Cl2IN2O2. The third-order valence-corrected chi connectivity index (χ3v) is 5.97. The van der Waals surface area contributed by atoms with Crippen molar-refractivity contribution in [3.8, 4) is 5.75 Å². The molecule has 0 saturated heterocycles. The lowest BCUT2D eigenvalue weighted by Gasteiger charge is -2.12. The Labute approximate surface area is 204 Å². The van der Waals surface area contributed by atoms with Gasteiger partial charge in [-0.1, -0.05) is 53.5 Å². The molecule has 0 radical (unpaired) electrons. The zero-order valence-electron chi connectivity index (χ0n) is 16.5. The van der Waals surface area contributed by atoms with Gasteiger partial charge in [-0.05, 0) is 83.1 Å². The molecule has 0 aromatic heterocycles. The lowest BCUT2D eigenvalue weighted by Crippen LogP contribution is -2.21. The fraction of sp³-hybridized carbons (Fsp3) is 0.0833. The number of ether oxygens (including phenoxy) is 1. The highest BCUT2D eigenvalue weighted by atomic mass is 127. The second kappa shape index (κ2) is 9.42. The van der Waals surface area contributed by atoms with E-state index in [1.807, 2.05) is 54.6 Å². The number of carbonyl (C=O) groups excluding carboxylic acids is 1. The number of anilines is 1. The Morgan fingerprint density at radius 3 is 2.32 bits per heavy atom. The molecule has 0 aliphatic carbocycles. The maximum atomic E-state index is 12.9. The average Bonchev–Trinajstić information content (AvgIpc) is 3.03. The smallest absolute Gasteiger partial charge is 0.280 e. The predicted molar refractivity (Wildman–Crippen MR) is 135 cm³/mol. The number of nitrogens with zero attached hydrogens (tertiary/aromatic N) is 2. The van der Waals surface area contributed by atoms with Crippen LogP contribution in [0.5, 0.6) is 5.75 Å². The molecular weight excluding hydrogens is 546 g/mol. The number of hydrogen-bond donors (Lipinski definition) is 0. The predicted octanol–water partition coefficient (Wildman–Crippen LogP) is 6.98. The summed E-state index contributed by atoms with van der Waals surface area (Å²) in [7, 11) is 0. The monoisotopic (exact) mass is 562 g/mol. The lowest BCUT2D eigenvalue weighted by atomic mass is 10.1. The number of hydrogen-bond acceptors (Lipinski definition) is 3. The van der Waals surface area contributed by atoms with Crippen LogP contribution in [0.2, 0.25) is 10.0 Å². The van der Waals surface area contributed by atoms with Crippen molar-refractivity contribution >= 4 is 69.2 Å². The van der Waals surface area contributed by atoms with Crippen LogP contribution in [-0.2, 0) is 11.4 Å². The summed E-state index contributed by atoms with van der Waals surface area (Å²) in [6.07, 6.45) is 1.74. The Bertz CT molecular complexity index is 1170. The molecule has 4 nitrogen and oxygen atoms in total. The molecule has 0 saturated carbocycles. The zero-order chi connectivity index (χ0) is 22.0. The van der Waals surface area contributed by atoms with Gasteiger partial charge in [0.05, 0.1) is 27.0 Å². The summed E-state index contributed by atoms with van der Waals surface area (Å²) in [6.45, 7) is 2.15. The second-order valence-corrected chi connectivity index (χ2v) is 8.98. The molecule has 0 unspecified atom stereocenters. The number of hydrazone groups is 1. The molecule has 156 valence electrons. The van der Waals surface area contributed by atoms with Crippen LogP contribution in [0.25, 0.3) is 6.08 Å². The maximum Gasteiger partial charge on any atom is 0.280 e. The van der Waals surface area contributed by atoms with Crippen LogP contribution < -0.4 is 9.75 Å². The molecule has 0 N–H and O–H groups in total. The molecule has 0 bridgehead atoms. The minimum absolute atomic E-state index is 0.199. The van der Waals surface area contributed by atoms with Crippen LogP contribution in [0, 0.1) is 3.57 Å². The van der Waals surface area contributed by atoms with Crippen molar-refractivity contribution in [2.24, 2.45) is 5.10 Å². The summed E-state index contributed by atoms with van der Waals surface area (Å²) in [5, 5.41) is 6.54.